The molecule has 0 saturated heterocycles. The van der Waals surface area contributed by atoms with Gasteiger partial charge in [-0.05, 0) is 23.8 Å². The molecule has 2 rings (SSSR count). The molecule has 5 nitrogen and oxygen atoms in total. The molecule has 0 aliphatic rings. The van der Waals surface area contributed by atoms with Gasteiger partial charge in [0.25, 0.3) is 5.91 Å². The Hall–Kier alpha value is -2.06. The molecule has 0 unspecified atom stereocenters. The third-order valence-electron chi connectivity index (χ3n) is 3.11. The molecule has 3 N–H and O–H groups in total. The van der Waals surface area contributed by atoms with Crippen LogP contribution in [0.25, 0.3) is 0 Å². The van der Waals surface area contributed by atoms with Crippen molar-refractivity contribution in [2.75, 3.05) is 18.1 Å². The van der Waals surface area contributed by atoms with Gasteiger partial charge in [-0.2, -0.15) is 11.8 Å². The minimum atomic E-state index is -0.466. The maximum absolute atomic E-state index is 13.5. The van der Waals surface area contributed by atoms with Crippen LogP contribution in [0.2, 0.25) is 0 Å². The summed E-state index contributed by atoms with van der Waals surface area (Å²) >= 11 is 2.67. The van der Waals surface area contributed by atoms with E-state index in [-0.39, 0.29) is 17.5 Å². The van der Waals surface area contributed by atoms with Gasteiger partial charge < -0.3 is 11.1 Å². The Morgan fingerprint density at radius 2 is 2.00 bits per heavy atom. The Morgan fingerprint density at radius 1 is 1.20 bits per heavy atom. The first-order valence-corrected chi connectivity index (χ1v) is 9.67. The van der Waals surface area contributed by atoms with Crippen LogP contribution < -0.4 is 11.1 Å². The summed E-state index contributed by atoms with van der Waals surface area (Å²) in [7, 11) is 0. The number of pyridine rings is 1. The number of aromatic nitrogens is 1. The smallest absolute Gasteiger partial charge is 0.254 e. The van der Waals surface area contributed by atoms with Gasteiger partial charge in [0.15, 0.2) is 0 Å². The molecule has 1 aromatic heterocycles. The van der Waals surface area contributed by atoms with E-state index < -0.39 is 5.91 Å². The van der Waals surface area contributed by atoms with Gasteiger partial charge in [-0.1, -0.05) is 30.0 Å². The van der Waals surface area contributed by atoms with Crippen molar-refractivity contribution < 1.29 is 14.0 Å². The normalized spacial score (nSPS) is 10.4. The van der Waals surface area contributed by atoms with Gasteiger partial charge in [0.05, 0.1) is 11.3 Å². The summed E-state index contributed by atoms with van der Waals surface area (Å²) in [6.45, 7) is 0.451. The molecule has 2 amide bonds. The van der Waals surface area contributed by atoms with E-state index in [9.17, 15) is 14.0 Å². The van der Waals surface area contributed by atoms with Crippen molar-refractivity contribution in [3.63, 3.8) is 0 Å². The van der Waals surface area contributed by atoms with E-state index in [0.29, 0.717) is 34.2 Å². The molecule has 0 aliphatic carbocycles. The molecule has 1 heterocycles. The van der Waals surface area contributed by atoms with Crippen LogP contribution in [-0.4, -0.2) is 34.8 Å². The van der Waals surface area contributed by atoms with Crippen LogP contribution in [0.5, 0.6) is 0 Å². The third kappa shape index (κ3) is 6.39. The van der Waals surface area contributed by atoms with E-state index in [1.165, 1.54) is 17.8 Å². The fourth-order valence-electron chi connectivity index (χ4n) is 1.95. The van der Waals surface area contributed by atoms with Gasteiger partial charge in [-0.15, -0.1) is 0 Å². The van der Waals surface area contributed by atoms with Crippen LogP contribution in [0, 0.1) is 5.82 Å². The van der Waals surface area contributed by atoms with Crippen LogP contribution in [0.4, 0.5) is 4.39 Å². The predicted molar refractivity (Wildman–Crippen MR) is 99.1 cm³/mol. The summed E-state index contributed by atoms with van der Waals surface area (Å²) < 4.78 is 13.5. The van der Waals surface area contributed by atoms with Crippen molar-refractivity contribution in [1.29, 1.82) is 0 Å². The van der Waals surface area contributed by atoms with Crippen LogP contribution in [0.15, 0.2) is 47.6 Å². The molecule has 0 saturated carbocycles. The van der Waals surface area contributed by atoms with Gasteiger partial charge in [-0.3, -0.25) is 9.59 Å². The molecule has 8 heteroatoms. The minimum absolute atomic E-state index is 0.0653. The van der Waals surface area contributed by atoms with E-state index in [4.69, 9.17) is 5.73 Å². The van der Waals surface area contributed by atoms with Crippen LogP contribution in [0.1, 0.15) is 15.9 Å². The summed E-state index contributed by atoms with van der Waals surface area (Å²) in [5.74, 6) is 0.332. The summed E-state index contributed by atoms with van der Waals surface area (Å²) in [6.07, 6.45) is 1.56. The molecule has 0 radical (unpaired) electrons. The first-order valence-electron chi connectivity index (χ1n) is 7.53. The molecular formula is C17H18FN3O2S2. The molecule has 132 valence electrons. The first kappa shape index (κ1) is 19.3. The zero-order valence-electron chi connectivity index (χ0n) is 13.4. The van der Waals surface area contributed by atoms with Gasteiger partial charge in [0, 0.05) is 24.2 Å². The molecule has 2 aromatic rings. The lowest BCUT2D eigenvalue weighted by Gasteiger charge is -2.08. The lowest BCUT2D eigenvalue weighted by Crippen LogP contribution is -2.26. The van der Waals surface area contributed by atoms with E-state index >= 15 is 0 Å². The molecule has 0 atom stereocenters. The number of halogens is 1. The topological polar surface area (TPSA) is 85.1 Å². The number of carbonyl (C=O) groups is 2. The number of benzene rings is 1. The Bertz CT molecular complexity index is 743. The average molecular weight is 379 g/mol. The second-order valence-corrected chi connectivity index (χ2v) is 7.08. The zero-order chi connectivity index (χ0) is 18.1. The summed E-state index contributed by atoms with van der Waals surface area (Å²) in [6, 6.07) is 9.96. The number of primary amides is 1. The SMILES string of the molecule is NC(=O)CSc1ncccc1C(=O)NCCSCc1ccccc1F. The molecule has 0 fully saturated rings. The molecule has 0 spiro atoms. The van der Waals surface area contributed by atoms with Crippen LogP contribution in [0.3, 0.4) is 0 Å². The Kier molecular flexibility index (Phi) is 7.75. The van der Waals surface area contributed by atoms with E-state index in [0.717, 1.165) is 11.8 Å². The standard InChI is InChI=1S/C17H18FN3O2S2/c18-14-6-2-1-4-12(14)10-24-9-8-20-16(23)13-5-3-7-21-17(13)25-11-15(19)22/h1-7H,8-11H2,(H2,19,22)(H,20,23). The second kappa shape index (κ2) is 10.0. The maximum Gasteiger partial charge on any atom is 0.254 e. The highest BCUT2D eigenvalue weighted by Gasteiger charge is 2.13. The fraction of sp³-hybridized carbons (Fsp3) is 0.235. The summed E-state index contributed by atoms with van der Waals surface area (Å²) in [4.78, 5) is 27.2. The van der Waals surface area contributed by atoms with Crippen molar-refractivity contribution in [2.45, 2.75) is 10.8 Å². The number of carbonyl (C=O) groups excluding carboxylic acids is 2. The van der Waals surface area contributed by atoms with Crippen LogP contribution in [-0.2, 0) is 10.5 Å². The Balaban J connectivity index is 1.79. The zero-order valence-corrected chi connectivity index (χ0v) is 15.0. The number of nitrogens with zero attached hydrogens (tertiary/aromatic N) is 1. The van der Waals surface area contributed by atoms with Gasteiger partial charge >= 0.3 is 0 Å². The lowest BCUT2D eigenvalue weighted by atomic mass is 10.2. The highest BCUT2D eigenvalue weighted by molar-refractivity contribution is 8.00. The highest BCUT2D eigenvalue weighted by Crippen LogP contribution is 2.19. The van der Waals surface area contributed by atoms with Crippen molar-refractivity contribution in [3.05, 3.63) is 59.5 Å². The fourth-order valence-corrected chi connectivity index (χ4v) is 3.52. The Morgan fingerprint density at radius 3 is 2.76 bits per heavy atom. The number of nitrogens with one attached hydrogen (secondary N) is 1. The average Bonchev–Trinajstić information content (AvgIpc) is 2.61. The van der Waals surface area contributed by atoms with Crippen molar-refractivity contribution in [3.8, 4) is 0 Å². The highest BCUT2D eigenvalue weighted by atomic mass is 32.2. The minimum Gasteiger partial charge on any atom is -0.369 e. The summed E-state index contributed by atoms with van der Waals surface area (Å²) in [5.41, 5.74) is 6.18. The van der Waals surface area contributed by atoms with Gasteiger partial charge in [-0.25, -0.2) is 9.37 Å². The van der Waals surface area contributed by atoms with Crippen molar-refractivity contribution >= 4 is 35.3 Å². The largest absolute Gasteiger partial charge is 0.369 e. The Labute approximate surface area is 154 Å². The number of rotatable bonds is 9. The molecule has 1 aromatic carbocycles. The van der Waals surface area contributed by atoms with E-state index in [1.807, 2.05) is 0 Å². The number of nitrogens with two attached hydrogens (primary N) is 1. The number of amides is 2. The number of hydrogen-bond donors (Lipinski definition) is 2. The second-order valence-electron chi connectivity index (χ2n) is 5.01. The van der Waals surface area contributed by atoms with E-state index in [2.05, 4.69) is 10.3 Å². The lowest BCUT2D eigenvalue weighted by molar-refractivity contribution is -0.115. The molecule has 25 heavy (non-hydrogen) atoms. The number of thioether (sulfide) groups is 2. The monoisotopic (exact) mass is 379 g/mol. The van der Waals surface area contributed by atoms with Gasteiger partial charge in [0.1, 0.15) is 10.8 Å². The van der Waals surface area contributed by atoms with Crippen LogP contribution >= 0.6 is 23.5 Å². The number of hydrogen-bond acceptors (Lipinski definition) is 5. The molecule has 0 bridgehead atoms. The van der Waals surface area contributed by atoms with E-state index in [1.54, 1.807) is 36.5 Å². The van der Waals surface area contributed by atoms with Crippen molar-refractivity contribution in [2.24, 2.45) is 5.73 Å². The quantitative estimate of drug-likeness (QED) is 0.516. The molecule has 0 aliphatic heterocycles. The van der Waals surface area contributed by atoms with Crippen molar-refractivity contribution in [1.82, 2.24) is 10.3 Å². The van der Waals surface area contributed by atoms with Gasteiger partial charge in [0.2, 0.25) is 5.91 Å². The third-order valence-corrected chi connectivity index (χ3v) is 5.15. The first-order chi connectivity index (χ1) is 12.1. The maximum atomic E-state index is 13.5. The predicted octanol–water partition coefficient (Wildman–Crippen LogP) is 2.46. The summed E-state index contributed by atoms with van der Waals surface area (Å²) in [5, 5.41) is 3.28. The molecular weight excluding hydrogens is 361 g/mol.